The molecule has 2 amide bonds. The lowest BCUT2D eigenvalue weighted by Gasteiger charge is -2.33. The van der Waals surface area contributed by atoms with Crippen LogP contribution in [0.5, 0.6) is 0 Å². The van der Waals surface area contributed by atoms with E-state index in [2.05, 4.69) is 17.3 Å². The van der Waals surface area contributed by atoms with Gasteiger partial charge in [-0.05, 0) is 31.2 Å². The third-order valence-corrected chi connectivity index (χ3v) is 4.76. The fourth-order valence-corrected chi connectivity index (χ4v) is 3.08. The Morgan fingerprint density at radius 3 is 2.81 bits per heavy atom. The highest BCUT2D eigenvalue weighted by atomic mass is 16.2. The van der Waals surface area contributed by atoms with Crippen molar-refractivity contribution in [2.24, 2.45) is 11.8 Å². The molecule has 4 rings (SSSR count). The lowest BCUT2D eigenvalue weighted by Crippen LogP contribution is -2.48. The van der Waals surface area contributed by atoms with E-state index in [1.807, 2.05) is 11.0 Å². The van der Waals surface area contributed by atoms with E-state index < -0.39 is 0 Å². The van der Waals surface area contributed by atoms with Crippen LogP contribution in [0.25, 0.3) is 0 Å². The normalized spacial score (nSPS) is 30.7. The molecule has 1 aromatic rings. The van der Waals surface area contributed by atoms with Crippen LogP contribution >= 0.6 is 0 Å². The summed E-state index contributed by atoms with van der Waals surface area (Å²) in [6.45, 7) is 3.11. The van der Waals surface area contributed by atoms with Crippen LogP contribution in [-0.4, -0.2) is 39.1 Å². The van der Waals surface area contributed by atoms with Crippen molar-refractivity contribution >= 4 is 11.8 Å². The Labute approximate surface area is 123 Å². The van der Waals surface area contributed by atoms with Crippen LogP contribution in [0.4, 0.5) is 0 Å². The van der Waals surface area contributed by atoms with Crippen LogP contribution in [0, 0.1) is 11.8 Å². The van der Waals surface area contributed by atoms with E-state index in [0.29, 0.717) is 25.0 Å². The highest BCUT2D eigenvalue weighted by Gasteiger charge is 2.44. The van der Waals surface area contributed by atoms with E-state index in [9.17, 15) is 9.59 Å². The topological polar surface area (TPSA) is 67.2 Å². The minimum atomic E-state index is -0.387. The number of aromatic nitrogens is 2. The smallest absolute Gasteiger partial charge is 0.246 e. The van der Waals surface area contributed by atoms with E-state index in [1.165, 1.54) is 0 Å². The maximum Gasteiger partial charge on any atom is 0.246 e. The first kappa shape index (κ1) is 12.9. The SMILES string of the molecule is C[C@@H]1C[C@H]1C(=O)N1Cc2ccnn2[C@H](C(=O)NC2CC2)C1. The summed E-state index contributed by atoms with van der Waals surface area (Å²) in [6, 6.07) is 1.83. The van der Waals surface area contributed by atoms with Crippen molar-refractivity contribution in [2.75, 3.05) is 6.54 Å². The first-order valence-corrected chi connectivity index (χ1v) is 7.75. The Balaban J connectivity index is 1.54. The summed E-state index contributed by atoms with van der Waals surface area (Å²) < 4.78 is 1.78. The molecular weight excluding hydrogens is 268 g/mol. The molecule has 112 valence electrons. The molecule has 0 unspecified atom stereocenters. The van der Waals surface area contributed by atoms with E-state index in [4.69, 9.17) is 0 Å². The number of hydrogen-bond acceptors (Lipinski definition) is 3. The number of hydrogen-bond donors (Lipinski definition) is 1. The van der Waals surface area contributed by atoms with Crippen molar-refractivity contribution in [3.63, 3.8) is 0 Å². The molecule has 2 heterocycles. The first-order chi connectivity index (χ1) is 10.1. The van der Waals surface area contributed by atoms with Crippen LogP contribution in [0.1, 0.15) is 37.9 Å². The molecule has 2 fully saturated rings. The van der Waals surface area contributed by atoms with Crippen LogP contribution in [0.2, 0.25) is 0 Å². The molecule has 2 aliphatic carbocycles. The number of nitrogens with zero attached hydrogens (tertiary/aromatic N) is 3. The van der Waals surface area contributed by atoms with Crippen molar-refractivity contribution in [2.45, 2.75) is 44.8 Å². The maximum atomic E-state index is 12.5. The summed E-state index contributed by atoms with van der Waals surface area (Å²) in [7, 11) is 0. The molecular formula is C15H20N4O2. The molecule has 0 saturated heterocycles. The second-order valence-corrected chi connectivity index (χ2v) is 6.60. The van der Waals surface area contributed by atoms with Crippen molar-refractivity contribution < 1.29 is 9.59 Å². The van der Waals surface area contributed by atoms with Crippen molar-refractivity contribution in [3.8, 4) is 0 Å². The van der Waals surface area contributed by atoms with Gasteiger partial charge in [0.1, 0.15) is 6.04 Å². The number of carbonyl (C=O) groups is 2. The molecule has 6 nitrogen and oxygen atoms in total. The predicted octanol–water partition coefficient (Wildman–Crippen LogP) is 0.701. The monoisotopic (exact) mass is 288 g/mol. The Kier molecular flexibility index (Phi) is 2.80. The summed E-state index contributed by atoms with van der Waals surface area (Å²) in [5.41, 5.74) is 0.943. The average molecular weight is 288 g/mol. The second kappa shape index (κ2) is 4.58. The summed E-state index contributed by atoms with van der Waals surface area (Å²) >= 11 is 0. The zero-order valence-corrected chi connectivity index (χ0v) is 12.2. The van der Waals surface area contributed by atoms with Crippen molar-refractivity contribution in [1.82, 2.24) is 20.0 Å². The zero-order chi connectivity index (χ0) is 14.6. The van der Waals surface area contributed by atoms with Crippen LogP contribution in [0.3, 0.4) is 0 Å². The predicted molar refractivity (Wildman–Crippen MR) is 75.1 cm³/mol. The van der Waals surface area contributed by atoms with Gasteiger partial charge in [0.15, 0.2) is 0 Å². The minimum absolute atomic E-state index is 0.0104. The van der Waals surface area contributed by atoms with Gasteiger partial charge in [0.25, 0.3) is 0 Å². The van der Waals surface area contributed by atoms with Crippen LogP contribution in [-0.2, 0) is 16.1 Å². The average Bonchev–Trinajstić information content (AvgIpc) is 3.37. The lowest BCUT2D eigenvalue weighted by atomic mass is 10.1. The Hall–Kier alpha value is -1.85. The largest absolute Gasteiger partial charge is 0.351 e. The van der Waals surface area contributed by atoms with Gasteiger partial charge in [0, 0.05) is 18.2 Å². The zero-order valence-electron chi connectivity index (χ0n) is 12.2. The van der Waals surface area contributed by atoms with E-state index in [-0.39, 0.29) is 23.8 Å². The lowest BCUT2D eigenvalue weighted by molar-refractivity contribution is -0.137. The highest BCUT2D eigenvalue weighted by molar-refractivity contribution is 5.85. The molecule has 3 atom stereocenters. The Bertz CT molecular complexity index is 592. The molecule has 2 saturated carbocycles. The van der Waals surface area contributed by atoms with Gasteiger partial charge in [-0.25, -0.2) is 0 Å². The molecule has 1 N–H and O–H groups in total. The standard InChI is InChI=1S/C15H20N4O2/c1-9-6-12(9)15(21)18-7-11-4-5-16-19(11)13(8-18)14(20)17-10-2-3-10/h4-5,9-10,12-13H,2-3,6-8H2,1H3,(H,17,20)/t9-,12-,13+/m1/s1. The van der Waals surface area contributed by atoms with Gasteiger partial charge in [0.2, 0.25) is 11.8 Å². The summed E-state index contributed by atoms with van der Waals surface area (Å²) in [5, 5.41) is 7.30. The second-order valence-electron chi connectivity index (χ2n) is 6.60. The molecule has 1 aromatic heterocycles. The van der Waals surface area contributed by atoms with Gasteiger partial charge in [0.05, 0.1) is 18.8 Å². The molecule has 0 bridgehead atoms. The molecule has 6 heteroatoms. The van der Waals surface area contributed by atoms with E-state index >= 15 is 0 Å². The van der Waals surface area contributed by atoms with E-state index in [1.54, 1.807) is 10.9 Å². The number of carbonyl (C=O) groups excluding carboxylic acids is 2. The minimum Gasteiger partial charge on any atom is -0.351 e. The fourth-order valence-electron chi connectivity index (χ4n) is 3.08. The molecule has 0 radical (unpaired) electrons. The Morgan fingerprint density at radius 1 is 1.38 bits per heavy atom. The van der Waals surface area contributed by atoms with Crippen LogP contribution in [0.15, 0.2) is 12.3 Å². The summed E-state index contributed by atoms with van der Waals surface area (Å²) in [4.78, 5) is 26.7. The van der Waals surface area contributed by atoms with Gasteiger partial charge in [-0.2, -0.15) is 5.10 Å². The highest BCUT2D eigenvalue weighted by Crippen LogP contribution is 2.40. The number of fused-ring (bicyclic) bond motifs is 1. The van der Waals surface area contributed by atoms with Gasteiger partial charge in [-0.15, -0.1) is 0 Å². The maximum absolute atomic E-state index is 12.5. The molecule has 0 aromatic carbocycles. The number of amides is 2. The first-order valence-electron chi connectivity index (χ1n) is 7.75. The quantitative estimate of drug-likeness (QED) is 0.890. The van der Waals surface area contributed by atoms with Gasteiger partial charge in [-0.1, -0.05) is 6.92 Å². The summed E-state index contributed by atoms with van der Waals surface area (Å²) in [5.74, 6) is 0.831. The summed E-state index contributed by atoms with van der Waals surface area (Å²) in [6.07, 6.45) is 4.81. The van der Waals surface area contributed by atoms with E-state index in [0.717, 1.165) is 25.0 Å². The fraction of sp³-hybridized carbons (Fsp3) is 0.667. The third-order valence-electron chi connectivity index (χ3n) is 4.76. The Morgan fingerprint density at radius 2 is 2.14 bits per heavy atom. The molecule has 21 heavy (non-hydrogen) atoms. The molecule has 3 aliphatic rings. The van der Waals surface area contributed by atoms with Gasteiger partial charge in [-0.3, -0.25) is 14.3 Å². The molecule has 1 aliphatic heterocycles. The van der Waals surface area contributed by atoms with Gasteiger partial charge < -0.3 is 10.2 Å². The number of nitrogens with one attached hydrogen (secondary N) is 1. The van der Waals surface area contributed by atoms with Crippen LogP contribution < -0.4 is 5.32 Å². The van der Waals surface area contributed by atoms with Crippen molar-refractivity contribution in [1.29, 1.82) is 0 Å². The third kappa shape index (κ3) is 2.32. The van der Waals surface area contributed by atoms with Crippen molar-refractivity contribution in [3.05, 3.63) is 18.0 Å². The van der Waals surface area contributed by atoms with Gasteiger partial charge >= 0.3 is 0 Å². The number of rotatable bonds is 3. The molecule has 0 spiro atoms.